The van der Waals surface area contributed by atoms with Gasteiger partial charge in [0.1, 0.15) is 11.6 Å². The van der Waals surface area contributed by atoms with Crippen LogP contribution in [0.5, 0.6) is 17.2 Å². The summed E-state index contributed by atoms with van der Waals surface area (Å²) in [6.07, 6.45) is 0.00138. The first-order valence-electron chi connectivity index (χ1n) is 7.57. The van der Waals surface area contributed by atoms with Crippen LogP contribution >= 0.6 is 0 Å². The maximum atomic E-state index is 14.4. The summed E-state index contributed by atoms with van der Waals surface area (Å²) in [6.45, 7) is 0. The zero-order valence-corrected chi connectivity index (χ0v) is 14.0. The van der Waals surface area contributed by atoms with E-state index in [1.165, 1.54) is 27.4 Å². The van der Waals surface area contributed by atoms with Crippen molar-refractivity contribution in [2.45, 2.75) is 12.3 Å². The highest BCUT2D eigenvalue weighted by Gasteiger charge is 2.34. The lowest BCUT2D eigenvalue weighted by molar-refractivity contribution is -0.116. The normalized spacial score (nSPS) is 16.0. The fourth-order valence-corrected chi connectivity index (χ4v) is 3.17. The van der Waals surface area contributed by atoms with Gasteiger partial charge in [-0.1, -0.05) is 6.07 Å². The molecule has 1 heterocycles. The highest BCUT2D eigenvalue weighted by Crippen LogP contribution is 2.51. The molecule has 2 aromatic carbocycles. The van der Waals surface area contributed by atoms with Gasteiger partial charge in [-0.3, -0.25) is 4.79 Å². The summed E-state index contributed by atoms with van der Waals surface area (Å²) >= 11 is 0. The van der Waals surface area contributed by atoms with Crippen LogP contribution in [0.1, 0.15) is 23.5 Å². The van der Waals surface area contributed by atoms with E-state index in [1.807, 2.05) is 0 Å². The zero-order valence-electron chi connectivity index (χ0n) is 14.0. The van der Waals surface area contributed by atoms with Crippen LogP contribution in [0.25, 0.3) is 0 Å². The number of anilines is 1. The fraction of sp³-hybridized carbons (Fsp3) is 0.278. The lowest BCUT2D eigenvalue weighted by atomic mass is 9.83. The van der Waals surface area contributed by atoms with Crippen molar-refractivity contribution in [1.82, 2.24) is 0 Å². The Labute approximate surface area is 143 Å². The highest BCUT2D eigenvalue weighted by molar-refractivity contribution is 5.97. The van der Waals surface area contributed by atoms with Crippen LogP contribution in [0.15, 0.2) is 24.3 Å². The molecule has 0 radical (unpaired) electrons. The third-order valence-corrected chi connectivity index (χ3v) is 4.22. The Morgan fingerprint density at radius 2 is 1.76 bits per heavy atom. The van der Waals surface area contributed by atoms with E-state index < -0.39 is 17.6 Å². The molecule has 1 atom stereocenters. The molecule has 1 unspecified atom stereocenters. The minimum atomic E-state index is -0.720. The van der Waals surface area contributed by atoms with Crippen LogP contribution in [0.4, 0.5) is 14.5 Å². The summed E-state index contributed by atoms with van der Waals surface area (Å²) in [5, 5.41) is 2.74. The van der Waals surface area contributed by atoms with Gasteiger partial charge in [0.15, 0.2) is 11.5 Å². The second kappa shape index (κ2) is 6.58. The summed E-state index contributed by atoms with van der Waals surface area (Å²) in [5.41, 5.74) is 1.22. The van der Waals surface area contributed by atoms with Crippen LogP contribution in [-0.2, 0) is 4.79 Å². The number of amides is 1. The SMILES string of the molecule is COc1cc2c(c(OC)c1OC)C(c1ccc(F)cc1F)CC(=O)N2. The quantitative estimate of drug-likeness (QED) is 0.918. The van der Waals surface area contributed by atoms with Crippen molar-refractivity contribution in [2.24, 2.45) is 0 Å². The maximum Gasteiger partial charge on any atom is 0.225 e. The second-order valence-corrected chi connectivity index (χ2v) is 5.58. The number of carbonyl (C=O) groups is 1. The third kappa shape index (κ3) is 2.86. The number of rotatable bonds is 4. The summed E-state index contributed by atoms with van der Waals surface area (Å²) in [5.74, 6) is -1.27. The van der Waals surface area contributed by atoms with Gasteiger partial charge in [0.25, 0.3) is 0 Å². The molecule has 0 aromatic heterocycles. The predicted octanol–water partition coefficient (Wildman–Crippen LogP) is 3.46. The second-order valence-electron chi connectivity index (χ2n) is 5.58. The number of carbonyl (C=O) groups excluding carboxylic acids is 1. The van der Waals surface area contributed by atoms with Crippen molar-refractivity contribution >= 4 is 11.6 Å². The molecule has 0 spiro atoms. The molecule has 0 fully saturated rings. The molecule has 25 heavy (non-hydrogen) atoms. The number of methoxy groups -OCH3 is 3. The number of nitrogens with one attached hydrogen (secondary N) is 1. The lowest BCUT2D eigenvalue weighted by Gasteiger charge is -2.29. The van der Waals surface area contributed by atoms with E-state index in [1.54, 1.807) is 6.07 Å². The van der Waals surface area contributed by atoms with E-state index >= 15 is 0 Å². The number of hydrogen-bond acceptors (Lipinski definition) is 4. The number of halogens is 2. The summed E-state index contributed by atoms with van der Waals surface area (Å²) < 4.78 is 43.7. The van der Waals surface area contributed by atoms with Gasteiger partial charge in [-0.05, 0) is 11.6 Å². The Hall–Kier alpha value is -2.83. The molecule has 5 nitrogen and oxygen atoms in total. The van der Waals surface area contributed by atoms with Crippen molar-refractivity contribution in [2.75, 3.05) is 26.6 Å². The fourth-order valence-electron chi connectivity index (χ4n) is 3.17. The zero-order chi connectivity index (χ0) is 18.1. The average molecular weight is 349 g/mol. The first-order valence-corrected chi connectivity index (χ1v) is 7.57. The van der Waals surface area contributed by atoms with Crippen LogP contribution in [0, 0.1) is 11.6 Å². The molecular weight excluding hydrogens is 332 g/mol. The van der Waals surface area contributed by atoms with Crippen LogP contribution in [-0.4, -0.2) is 27.2 Å². The molecular formula is C18H17F2NO4. The molecule has 132 valence electrons. The van der Waals surface area contributed by atoms with Crippen molar-refractivity contribution in [3.05, 3.63) is 47.0 Å². The highest BCUT2D eigenvalue weighted by atomic mass is 19.1. The summed E-state index contributed by atoms with van der Waals surface area (Å²) in [6, 6.07) is 4.91. The Morgan fingerprint density at radius 1 is 1.04 bits per heavy atom. The molecule has 1 N–H and O–H groups in total. The summed E-state index contributed by atoms with van der Waals surface area (Å²) in [7, 11) is 4.37. The smallest absolute Gasteiger partial charge is 0.225 e. The van der Waals surface area contributed by atoms with Crippen molar-refractivity contribution in [3.63, 3.8) is 0 Å². The van der Waals surface area contributed by atoms with Gasteiger partial charge in [-0.25, -0.2) is 8.78 Å². The Balaban J connectivity index is 2.27. The average Bonchev–Trinajstić information content (AvgIpc) is 2.59. The van der Waals surface area contributed by atoms with Gasteiger partial charge in [0.2, 0.25) is 11.7 Å². The number of hydrogen-bond donors (Lipinski definition) is 1. The van der Waals surface area contributed by atoms with Crippen LogP contribution < -0.4 is 19.5 Å². The maximum absolute atomic E-state index is 14.4. The number of benzene rings is 2. The predicted molar refractivity (Wildman–Crippen MR) is 87.5 cm³/mol. The van der Waals surface area contributed by atoms with Crippen molar-refractivity contribution in [3.8, 4) is 17.2 Å². The number of ether oxygens (including phenoxy) is 3. The topological polar surface area (TPSA) is 56.8 Å². The van der Waals surface area contributed by atoms with E-state index in [-0.39, 0.29) is 17.9 Å². The number of fused-ring (bicyclic) bond motifs is 1. The van der Waals surface area contributed by atoms with Gasteiger partial charge in [-0.2, -0.15) is 0 Å². The first-order chi connectivity index (χ1) is 12.0. The van der Waals surface area contributed by atoms with Crippen molar-refractivity contribution < 1.29 is 27.8 Å². The van der Waals surface area contributed by atoms with Crippen LogP contribution in [0.2, 0.25) is 0 Å². The lowest BCUT2D eigenvalue weighted by Crippen LogP contribution is -2.25. The Kier molecular flexibility index (Phi) is 4.48. The van der Waals surface area contributed by atoms with Gasteiger partial charge in [0.05, 0.1) is 27.0 Å². The van der Waals surface area contributed by atoms with Gasteiger partial charge < -0.3 is 19.5 Å². The van der Waals surface area contributed by atoms with E-state index in [4.69, 9.17) is 14.2 Å². The van der Waals surface area contributed by atoms with E-state index in [0.717, 1.165) is 12.1 Å². The Morgan fingerprint density at radius 3 is 2.36 bits per heavy atom. The first kappa shape index (κ1) is 17.0. The standard InChI is InChI=1S/C18H17F2NO4/c1-23-14-8-13-16(18(25-3)17(14)24-2)11(7-15(22)21-13)10-5-4-9(19)6-12(10)20/h4-6,8,11H,7H2,1-3H3,(H,21,22). The van der Waals surface area contributed by atoms with E-state index in [0.29, 0.717) is 28.5 Å². The van der Waals surface area contributed by atoms with Crippen molar-refractivity contribution in [1.29, 1.82) is 0 Å². The molecule has 0 saturated heterocycles. The Bertz CT molecular complexity index is 838. The summed E-state index contributed by atoms with van der Waals surface area (Å²) in [4.78, 5) is 12.1. The van der Waals surface area contributed by atoms with Gasteiger partial charge in [0, 0.05) is 30.0 Å². The molecule has 1 amide bonds. The van der Waals surface area contributed by atoms with Crippen LogP contribution in [0.3, 0.4) is 0 Å². The largest absolute Gasteiger partial charge is 0.493 e. The minimum Gasteiger partial charge on any atom is -0.493 e. The molecule has 1 aliphatic heterocycles. The van der Waals surface area contributed by atoms with E-state index in [9.17, 15) is 13.6 Å². The minimum absolute atomic E-state index is 0.00138. The molecule has 2 aromatic rings. The van der Waals surface area contributed by atoms with Gasteiger partial charge in [-0.15, -0.1) is 0 Å². The third-order valence-electron chi connectivity index (χ3n) is 4.22. The molecule has 7 heteroatoms. The molecule has 0 aliphatic carbocycles. The molecule has 0 saturated carbocycles. The molecule has 3 rings (SSSR count). The monoisotopic (exact) mass is 349 g/mol. The van der Waals surface area contributed by atoms with Gasteiger partial charge >= 0.3 is 0 Å². The molecule has 0 bridgehead atoms. The molecule has 1 aliphatic rings. The van der Waals surface area contributed by atoms with E-state index in [2.05, 4.69) is 5.32 Å².